The van der Waals surface area contributed by atoms with E-state index in [0.29, 0.717) is 5.69 Å². The Morgan fingerprint density at radius 3 is 2.78 bits per heavy atom. The van der Waals surface area contributed by atoms with Crippen molar-refractivity contribution in [3.8, 4) is 11.1 Å². The van der Waals surface area contributed by atoms with Crippen molar-refractivity contribution in [2.24, 2.45) is 7.05 Å². The zero-order valence-corrected chi connectivity index (χ0v) is 13.5. The summed E-state index contributed by atoms with van der Waals surface area (Å²) >= 11 is 0. The van der Waals surface area contributed by atoms with E-state index in [2.05, 4.69) is 15.5 Å². The van der Waals surface area contributed by atoms with Crippen molar-refractivity contribution in [2.45, 2.75) is 26.8 Å². The van der Waals surface area contributed by atoms with Crippen LogP contribution in [0.1, 0.15) is 30.0 Å². The van der Waals surface area contributed by atoms with Gasteiger partial charge in [0.1, 0.15) is 0 Å². The van der Waals surface area contributed by atoms with E-state index in [0.717, 1.165) is 33.5 Å². The SMILES string of the molecule is Cc1n[nH]c(C)c1-c1cc2c(ccn2C)nc1[C@H](C)NC(=O)O. The molecule has 0 aliphatic rings. The molecular weight excluding hydrogens is 294 g/mol. The van der Waals surface area contributed by atoms with E-state index < -0.39 is 12.1 Å². The number of aryl methyl sites for hydroxylation is 3. The van der Waals surface area contributed by atoms with Crippen LogP contribution in [0.2, 0.25) is 0 Å². The molecule has 0 aromatic carbocycles. The van der Waals surface area contributed by atoms with E-state index in [1.54, 1.807) is 6.92 Å². The van der Waals surface area contributed by atoms with Gasteiger partial charge < -0.3 is 15.0 Å². The highest BCUT2D eigenvalue weighted by Crippen LogP contribution is 2.33. The maximum atomic E-state index is 11.0. The molecule has 23 heavy (non-hydrogen) atoms. The van der Waals surface area contributed by atoms with Crippen LogP contribution < -0.4 is 5.32 Å². The van der Waals surface area contributed by atoms with Crippen LogP contribution in [0.4, 0.5) is 4.79 Å². The van der Waals surface area contributed by atoms with Gasteiger partial charge in [-0.15, -0.1) is 0 Å². The molecule has 3 heterocycles. The van der Waals surface area contributed by atoms with Gasteiger partial charge in [0.05, 0.1) is 28.5 Å². The molecule has 0 unspecified atom stereocenters. The lowest BCUT2D eigenvalue weighted by Crippen LogP contribution is -2.25. The van der Waals surface area contributed by atoms with Gasteiger partial charge in [0.15, 0.2) is 0 Å². The number of amides is 1. The maximum absolute atomic E-state index is 11.0. The number of carboxylic acid groups (broad SMARTS) is 1. The van der Waals surface area contributed by atoms with Crippen molar-refractivity contribution in [1.82, 2.24) is 25.1 Å². The molecule has 0 aliphatic carbocycles. The average molecular weight is 313 g/mol. The Labute approximate surface area is 133 Å². The van der Waals surface area contributed by atoms with E-state index >= 15 is 0 Å². The highest BCUT2D eigenvalue weighted by atomic mass is 16.4. The summed E-state index contributed by atoms with van der Waals surface area (Å²) in [4.78, 5) is 15.7. The van der Waals surface area contributed by atoms with Gasteiger partial charge >= 0.3 is 6.09 Å². The highest BCUT2D eigenvalue weighted by Gasteiger charge is 2.21. The maximum Gasteiger partial charge on any atom is 0.405 e. The van der Waals surface area contributed by atoms with E-state index in [1.165, 1.54) is 0 Å². The fraction of sp³-hybridized carbons (Fsp3) is 0.312. The Hall–Kier alpha value is -2.83. The van der Waals surface area contributed by atoms with Crippen molar-refractivity contribution in [3.63, 3.8) is 0 Å². The molecule has 1 atom stereocenters. The van der Waals surface area contributed by atoms with Gasteiger partial charge in [0, 0.05) is 30.1 Å². The second-order valence-corrected chi connectivity index (χ2v) is 5.73. The Morgan fingerprint density at radius 2 is 2.17 bits per heavy atom. The molecule has 0 saturated heterocycles. The number of pyridine rings is 1. The number of nitrogens with one attached hydrogen (secondary N) is 2. The van der Waals surface area contributed by atoms with E-state index in [9.17, 15) is 4.79 Å². The largest absolute Gasteiger partial charge is 0.465 e. The van der Waals surface area contributed by atoms with Crippen LogP contribution in [0.15, 0.2) is 18.3 Å². The summed E-state index contributed by atoms with van der Waals surface area (Å²) in [5, 5.41) is 18.7. The molecule has 0 radical (unpaired) electrons. The van der Waals surface area contributed by atoms with Gasteiger partial charge in [0.25, 0.3) is 0 Å². The minimum Gasteiger partial charge on any atom is -0.465 e. The lowest BCUT2D eigenvalue weighted by Gasteiger charge is -2.16. The summed E-state index contributed by atoms with van der Waals surface area (Å²) in [6.07, 6.45) is 0.870. The quantitative estimate of drug-likeness (QED) is 0.692. The summed E-state index contributed by atoms with van der Waals surface area (Å²) < 4.78 is 2.00. The van der Waals surface area contributed by atoms with Crippen LogP contribution in [-0.4, -0.2) is 30.9 Å². The molecule has 120 valence electrons. The number of H-pyrrole nitrogens is 1. The average Bonchev–Trinajstić information content (AvgIpc) is 3.00. The molecule has 1 amide bonds. The molecule has 3 N–H and O–H groups in total. The number of hydrogen-bond donors (Lipinski definition) is 3. The highest BCUT2D eigenvalue weighted by molar-refractivity contribution is 5.84. The van der Waals surface area contributed by atoms with Gasteiger partial charge in [-0.3, -0.25) is 5.10 Å². The molecule has 0 saturated carbocycles. The number of nitrogens with zero attached hydrogens (tertiary/aromatic N) is 3. The first kappa shape index (κ1) is 15.1. The minimum atomic E-state index is -1.07. The fourth-order valence-electron chi connectivity index (χ4n) is 2.93. The summed E-state index contributed by atoms with van der Waals surface area (Å²) in [6.45, 7) is 5.66. The molecule has 0 aliphatic heterocycles. The predicted octanol–water partition coefficient (Wildman–Crippen LogP) is 2.91. The van der Waals surface area contributed by atoms with Crippen LogP contribution in [0, 0.1) is 13.8 Å². The second-order valence-electron chi connectivity index (χ2n) is 5.73. The first-order chi connectivity index (χ1) is 10.9. The zero-order chi connectivity index (χ0) is 16.7. The van der Waals surface area contributed by atoms with E-state index in [-0.39, 0.29) is 0 Å². The third kappa shape index (κ3) is 2.54. The first-order valence-corrected chi connectivity index (χ1v) is 7.36. The van der Waals surface area contributed by atoms with Gasteiger partial charge in [0.2, 0.25) is 0 Å². The van der Waals surface area contributed by atoms with Gasteiger partial charge in [-0.05, 0) is 32.9 Å². The summed E-state index contributed by atoms with van der Waals surface area (Å²) in [5.74, 6) is 0. The normalized spacial score (nSPS) is 12.5. The molecule has 0 spiro atoms. The Kier molecular flexibility index (Phi) is 3.55. The molecule has 3 aromatic rings. The van der Waals surface area contributed by atoms with Crippen LogP contribution >= 0.6 is 0 Å². The Morgan fingerprint density at radius 1 is 1.43 bits per heavy atom. The lowest BCUT2D eigenvalue weighted by atomic mass is 9.98. The monoisotopic (exact) mass is 313 g/mol. The third-order valence-electron chi connectivity index (χ3n) is 4.04. The topological polar surface area (TPSA) is 95.8 Å². The summed E-state index contributed by atoms with van der Waals surface area (Å²) in [6, 6.07) is 3.54. The summed E-state index contributed by atoms with van der Waals surface area (Å²) in [5.41, 5.74) is 6.18. The molecule has 3 aromatic heterocycles. The molecule has 7 nitrogen and oxygen atoms in total. The Balaban J connectivity index is 2.28. The molecular formula is C16H19N5O2. The van der Waals surface area contributed by atoms with Crippen LogP contribution in [0.25, 0.3) is 22.2 Å². The third-order valence-corrected chi connectivity index (χ3v) is 4.04. The summed E-state index contributed by atoms with van der Waals surface area (Å²) in [7, 11) is 1.96. The molecule has 0 fully saturated rings. The first-order valence-electron chi connectivity index (χ1n) is 7.36. The van der Waals surface area contributed by atoms with Crippen molar-refractivity contribution in [1.29, 1.82) is 0 Å². The van der Waals surface area contributed by atoms with Gasteiger partial charge in [-0.25, -0.2) is 9.78 Å². The standard InChI is InChI=1S/C16H19N5O2/c1-8-14(9(2)20-19-8)11-7-13-12(5-6-21(13)4)18-15(11)10(3)17-16(22)23/h5-7,10,17H,1-4H3,(H,19,20)(H,22,23)/t10-/m0/s1. The minimum absolute atomic E-state index is 0.430. The van der Waals surface area contributed by atoms with Crippen molar-refractivity contribution in [3.05, 3.63) is 35.4 Å². The number of carbonyl (C=O) groups is 1. The zero-order valence-electron chi connectivity index (χ0n) is 13.5. The number of aromatic amines is 1. The number of rotatable bonds is 3. The van der Waals surface area contributed by atoms with Crippen LogP contribution in [-0.2, 0) is 7.05 Å². The number of fused-ring (bicyclic) bond motifs is 1. The van der Waals surface area contributed by atoms with Gasteiger partial charge in [-0.2, -0.15) is 5.10 Å². The van der Waals surface area contributed by atoms with E-state index in [4.69, 9.17) is 10.1 Å². The van der Waals surface area contributed by atoms with Crippen LogP contribution in [0.3, 0.4) is 0 Å². The van der Waals surface area contributed by atoms with Crippen molar-refractivity contribution in [2.75, 3.05) is 0 Å². The lowest BCUT2D eigenvalue weighted by molar-refractivity contribution is 0.190. The van der Waals surface area contributed by atoms with E-state index in [1.807, 2.05) is 43.8 Å². The van der Waals surface area contributed by atoms with Crippen molar-refractivity contribution < 1.29 is 9.90 Å². The molecule has 7 heteroatoms. The fourth-order valence-corrected chi connectivity index (χ4v) is 2.93. The molecule has 0 bridgehead atoms. The van der Waals surface area contributed by atoms with Crippen molar-refractivity contribution >= 4 is 17.1 Å². The van der Waals surface area contributed by atoms with Gasteiger partial charge in [-0.1, -0.05) is 0 Å². The second kappa shape index (κ2) is 5.42. The van der Waals surface area contributed by atoms with Crippen LogP contribution in [0.5, 0.6) is 0 Å². The Bertz CT molecular complexity index is 874. The predicted molar refractivity (Wildman–Crippen MR) is 87.3 cm³/mol. The number of hydrogen-bond acceptors (Lipinski definition) is 3. The number of aromatic nitrogens is 4. The molecule has 3 rings (SSSR count). The smallest absolute Gasteiger partial charge is 0.405 e.